The summed E-state index contributed by atoms with van der Waals surface area (Å²) in [5, 5.41) is 3.20. The summed E-state index contributed by atoms with van der Waals surface area (Å²) in [6.07, 6.45) is 2.58. The van der Waals surface area contributed by atoms with E-state index in [1.165, 1.54) is 5.56 Å². The number of nitrogens with one attached hydrogen (secondary N) is 1. The lowest BCUT2D eigenvalue weighted by atomic mass is 9.95. The second kappa shape index (κ2) is 9.05. The van der Waals surface area contributed by atoms with Crippen LogP contribution in [0.3, 0.4) is 0 Å². The average Bonchev–Trinajstić information content (AvgIpc) is 2.47. The number of methoxy groups -OCH3 is 1. The van der Waals surface area contributed by atoms with Crippen LogP contribution in [-0.2, 0) is 16.3 Å². The van der Waals surface area contributed by atoms with Crippen molar-refractivity contribution in [1.82, 2.24) is 5.32 Å². The Morgan fingerprint density at radius 3 is 2.71 bits per heavy atom. The number of sulfone groups is 1. The first-order valence-corrected chi connectivity index (χ1v) is 9.30. The van der Waals surface area contributed by atoms with Crippen molar-refractivity contribution in [3.05, 3.63) is 29.8 Å². The predicted octanol–water partition coefficient (Wildman–Crippen LogP) is 2.29. The van der Waals surface area contributed by atoms with E-state index in [0.29, 0.717) is 11.7 Å². The van der Waals surface area contributed by atoms with E-state index < -0.39 is 9.84 Å². The SMILES string of the molecule is CCS(=O)(=O)CCCC(CNC)Cc1cccc(OC)c1. The van der Waals surface area contributed by atoms with Gasteiger partial charge in [0.25, 0.3) is 0 Å². The summed E-state index contributed by atoms with van der Waals surface area (Å²) >= 11 is 0. The first kappa shape index (κ1) is 18.0. The number of hydrogen-bond acceptors (Lipinski definition) is 4. The van der Waals surface area contributed by atoms with Gasteiger partial charge in [-0.25, -0.2) is 8.42 Å². The maximum atomic E-state index is 11.5. The van der Waals surface area contributed by atoms with Crippen LogP contribution in [0, 0.1) is 5.92 Å². The summed E-state index contributed by atoms with van der Waals surface area (Å²) in [6, 6.07) is 8.07. The van der Waals surface area contributed by atoms with Crippen molar-refractivity contribution in [1.29, 1.82) is 0 Å². The molecule has 4 nitrogen and oxygen atoms in total. The smallest absolute Gasteiger partial charge is 0.150 e. The molecule has 0 aliphatic rings. The summed E-state index contributed by atoms with van der Waals surface area (Å²) in [5.74, 6) is 1.83. The quantitative estimate of drug-likeness (QED) is 0.720. The van der Waals surface area contributed by atoms with Crippen LogP contribution in [-0.4, -0.2) is 40.6 Å². The minimum absolute atomic E-state index is 0.236. The van der Waals surface area contributed by atoms with E-state index in [1.54, 1.807) is 14.0 Å². The first-order chi connectivity index (χ1) is 10.0. The molecule has 21 heavy (non-hydrogen) atoms. The Bertz CT molecular complexity index is 514. The monoisotopic (exact) mass is 313 g/mol. The fraction of sp³-hybridized carbons (Fsp3) is 0.625. The lowest BCUT2D eigenvalue weighted by Gasteiger charge is -2.17. The van der Waals surface area contributed by atoms with E-state index >= 15 is 0 Å². The third-order valence-electron chi connectivity index (χ3n) is 3.66. The van der Waals surface area contributed by atoms with Crippen molar-refractivity contribution in [2.75, 3.05) is 32.2 Å². The first-order valence-electron chi connectivity index (χ1n) is 7.48. The predicted molar refractivity (Wildman–Crippen MR) is 87.7 cm³/mol. The highest BCUT2D eigenvalue weighted by molar-refractivity contribution is 7.91. The summed E-state index contributed by atoms with van der Waals surface area (Å²) in [7, 11) is 0.744. The number of hydrogen-bond donors (Lipinski definition) is 1. The Hall–Kier alpha value is -1.07. The Morgan fingerprint density at radius 2 is 2.10 bits per heavy atom. The van der Waals surface area contributed by atoms with Crippen LogP contribution in [0.2, 0.25) is 0 Å². The van der Waals surface area contributed by atoms with Gasteiger partial charge in [0.05, 0.1) is 12.9 Å². The summed E-state index contributed by atoms with van der Waals surface area (Å²) in [6.45, 7) is 2.60. The molecule has 1 atom stereocenters. The molecule has 0 spiro atoms. The van der Waals surface area contributed by atoms with E-state index in [9.17, 15) is 8.42 Å². The van der Waals surface area contributed by atoms with Gasteiger partial charge in [0, 0.05) is 5.75 Å². The standard InChI is InChI=1S/C16H27NO3S/c1-4-21(18,19)10-6-8-15(13-17-2)11-14-7-5-9-16(12-14)20-3/h5,7,9,12,15,17H,4,6,8,10-11,13H2,1-3H3. The van der Waals surface area contributed by atoms with Gasteiger partial charge in [-0.1, -0.05) is 19.1 Å². The van der Waals surface area contributed by atoms with Gasteiger partial charge in [-0.2, -0.15) is 0 Å². The third-order valence-corrected chi connectivity index (χ3v) is 5.45. The maximum Gasteiger partial charge on any atom is 0.150 e. The van der Waals surface area contributed by atoms with Gasteiger partial charge in [0.2, 0.25) is 0 Å². The van der Waals surface area contributed by atoms with Crippen LogP contribution in [0.15, 0.2) is 24.3 Å². The molecule has 1 N–H and O–H groups in total. The number of ether oxygens (including phenoxy) is 1. The molecule has 5 heteroatoms. The van der Waals surface area contributed by atoms with Crippen molar-refractivity contribution in [2.45, 2.75) is 26.2 Å². The van der Waals surface area contributed by atoms with Gasteiger partial charge in [-0.3, -0.25) is 0 Å². The zero-order valence-corrected chi connectivity index (χ0v) is 14.1. The molecule has 0 saturated carbocycles. The molecule has 0 bridgehead atoms. The van der Waals surface area contributed by atoms with Crippen LogP contribution < -0.4 is 10.1 Å². The maximum absolute atomic E-state index is 11.5. The molecule has 1 rings (SSSR count). The lowest BCUT2D eigenvalue weighted by molar-refractivity contribution is 0.412. The molecule has 0 radical (unpaired) electrons. The normalized spacial score (nSPS) is 13.1. The van der Waals surface area contributed by atoms with E-state index in [2.05, 4.69) is 11.4 Å². The molecule has 1 unspecified atom stereocenters. The van der Waals surface area contributed by atoms with Gasteiger partial charge in [-0.15, -0.1) is 0 Å². The van der Waals surface area contributed by atoms with Gasteiger partial charge < -0.3 is 10.1 Å². The van der Waals surface area contributed by atoms with Gasteiger partial charge >= 0.3 is 0 Å². The molecule has 0 heterocycles. The second-order valence-corrected chi connectivity index (χ2v) is 7.83. The Balaban J connectivity index is 2.56. The second-order valence-electron chi connectivity index (χ2n) is 5.36. The average molecular weight is 313 g/mol. The minimum Gasteiger partial charge on any atom is -0.497 e. The van der Waals surface area contributed by atoms with E-state index in [4.69, 9.17) is 4.74 Å². The molecule has 0 aromatic heterocycles. The number of rotatable bonds is 10. The molecule has 1 aromatic carbocycles. The van der Waals surface area contributed by atoms with Crippen LogP contribution in [0.5, 0.6) is 5.75 Å². The van der Waals surface area contributed by atoms with Crippen LogP contribution in [0.1, 0.15) is 25.3 Å². The molecule has 120 valence electrons. The van der Waals surface area contributed by atoms with Crippen LogP contribution >= 0.6 is 0 Å². The summed E-state index contributed by atoms with van der Waals surface area (Å²) in [4.78, 5) is 0. The minimum atomic E-state index is -2.85. The molecule has 0 aliphatic carbocycles. The molecular weight excluding hydrogens is 286 g/mol. The molecular formula is C16H27NO3S. The Kier molecular flexibility index (Phi) is 7.75. The van der Waals surface area contributed by atoms with Gasteiger partial charge in [0.15, 0.2) is 0 Å². The van der Waals surface area contributed by atoms with Crippen molar-refractivity contribution < 1.29 is 13.2 Å². The largest absolute Gasteiger partial charge is 0.497 e. The highest BCUT2D eigenvalue weighted by Gasteiger charge is 2.13. The van der Waals surface area contributed by atoms with Crippen LogP contribution in [0.4, 0.5) is 0 Å². The van der Waals surface area contributed by atoms with Crippen molar-refractivity contribution >= 4 is 9.84 Å². The fourth-order valence-corrected chi connectivity index (χ4v) is 3.33. The molecule has 0 aliphatic heterocycles. The highest BCUT2D eigenvalue weighted by atomic mass is 32.2. The van der Waals surface area contributed by atoms with E-state index in [1.807, 2.05) is 25.2 Å². The van der Waals surface area contributed by atoms with Gasteiger partial charge in [0.1, 0.15) is 15.6 Å². The summed E-state index contributed by atoms with van der Waals surface area (Å²) in [5.41, 5.74) is 1.23. The molecule has 1 aromatic rings. The third kappa shape index (κ3) is 6.96. The zero-order valence-electron chi connectivity index (χ0n) is 13.3. The van der Waals surface area contributed by atoms with Crippen LogP contribution in [0.25, 0.3) is 0 Å². The number of benzene rings is 1. The van der Waals surface area contributed by atoms with E-state index in [-0.39, 0.29) is 5.75 Å². The van der Waals surface area contributed by atoms with Crippen molar-refractivity contribution in [3.63, 3.8) is 0 Å². The topological polar surface area (TPSA) is 55.4 Å². The Labute approximate surface area is 128 Å². The van der Waals surface area contributed by atoms with Gasteiger partial charge in [-0.05, 0) is 56.5 Å². The van der Waals surface area contributed by atoms with E-state index in [0.717, 1.165) is 31.6 Å². The zero-order chi connectivity index (χ0) is 15.7. The molecule has 0 fully saturated rings. The molecule has 0 amide bonds. The van der Waals surface area contributed by atoms with Crippen molar-refractivity contribution in [2.24, 2.45) is 5.92 Å². The fourth-order valence-electron chi connectivity index (χ4n) is 2.43. The Morgan fingerprint density at radius 1 is 1.33 bits per heavy atom. The highest BCUT2D eigenvalue weighted by Crippen LogP contribution is 2.18. The van der Waals surface area contributed by atoms with Crippen molar-refractivity contribution in [3.8, 4) is 5.75 Å². The lowest BCUT2D eigenvalue weighted by Crippen LogP contribution is -2.22. The summed E-state index contributed by atoms with van der Waals surface area (Å²) < 4.78 is 28.3. The molecule has 0 saturated heterocycles.